The van der Waals surface area contributed by atoms with Gasteiger partial charge in [-0.3, -0.25) is 19.4 Å². The summed E-state index contributed by atoms with van der Waals surface area (Å²) in [6.07, 6.45) is 5.87. The number of rotatable bonds is 12. The highest BCUT2D eigenvalue weighted by atomic mass is 16.4. The highest BCUT2D eigenvalue weighted by molar-refractivity contribution is 5.82. The molecule has 1 aromatic carbocycles. The number of amides is 1. The van der Waals surface area contributed by atoms with Gasteiger partial charge in [0.05, 0.1) is 12.5 Å². The number of carboxylic acids is 1. The largest absolute Gasteiger partial charge is 0.481 e. The van der Waals surface area contributed by atoms with Crippen molar-refractivity contribution in [2.24, 2.45) is 5.92 Å². The van der Waals surface area contributed by atoms with Crippen molar-refractivity contribution in [3.05, 3.63) is 87.6 Å². The SMILES string of the molecule is Cc1cccc(C)c1-c1cncc([C@H](CC(=O)O)NC(=O)C(CC(C)C)n2ccc(CCN(C)C)cc2=O)c1. The van der Waals surface area contributed by atoms with Gasteiger partial charge in [-0.1, -0.05) is 32.0 Å². The van der Waals surface area contributed by atoms with E-state index in [1.54, 1.807) is 24.7 Å². The van der Waals surface area contributed by atoms with E-state index < -0.39 is 24.0 Å². The lowest BCUT2D eigenvalue weighted by molar-refractivity contribution is -0.138. The first-order valence-corrected chi connectivity index (χ1v) is 13.4. The van der Waals surface area contributed by atoms with Crippen molar-refractivity contribution in [2.45, 2.75) is 59.0 Å². The summed E-state index contributed by atoms with van der Waals surface area (Å²) in [5.41, 5.74) is 5.31. The molecular weight excluding hydrogens is 492 g/mol. The van der Waals surface area contributed by atoms with Crippen LogP contribution in [0.25, 0.3) is 11.1 Å². The maximum atomic E-state index is 13.7. The Labute approximate surface area is 230 Å². The molecule has 0 spiro atoms. The number of hydrogen-bond donors (Lipinski definition) is 2. The van der Waals surface area contributed by atoms with E-state index in [0.29, 0.717) is 12.0 Å². The quantitative estimate of drug-likeness (QED) is 0.355. The Hall–Kier alpha value is -3.78. The Kier molecular flexibility index (Phi) is 10.2. The van der Waals surface area contributed by atoms with Crippen LogP contribution in [0.4, 0.5) is 0 Å². The van der Waals surface area contributed by atoms with E-state index in [-0.39, 0.29) is 17.9 Å². The molecule has 0 aliphatic heterocycles. The van der Waals surface area contributed by atoms with Gasteiger partial charge < -0.3 is 19.9 Å². The number of nitrogens with one attached hydrogen (secondary N) is 1. The van der Waals surface area contributed by atoms with E-state index in [1.807, 2.05) is 77.0 Å². The van der Waals surface area contributed by atoms with E-state index in [0.717, 1.165) is 40.8 Å². The topological polar surface area (TPSA) is 105 Å². The molecule has 0 radical (unpaired) electrons. The average molecular weight is 533 g/mol. The molecule has 1 amide bonds. The molecule has 2 heterocycles. The number of carbonyl (C=O) groups excluding carboxylic acids is 1. The highest BCUT2D eigenvalue weighted by Crippen LogP contribution is 2.29. The van der Waals surface area contributed by atoms with Crippen molar-refractivity contribution >= 4 is 11.9 Å². The summed E-state index contributed by atoms with van der Waals surface area (Å²) in [6, 6.07) is 9.79. The zero-order valence-electron chi connectivity index (χ0n) is 23.8. The van der Waals surface area contributed by atoms with Gasteiger partial charge in [0.2, 0.25) is 5.91 Å². The molecule has 0 aliphatic rings. The van der Waals surface area contributed by atoms with Crippen molar-refractivity contribution in [3.63, 3.8) is 0 Å². The summed E-state index contributed by atoms with van der Waals surface area (Å²) in [6.45, 7) is 8.83. The zero-order chi connectivity index (χ0) is 28.7. The lowest BCUT2D eigenvalue weighted by Crippen LogP contribution is -2.40. The van der Waals surface area contributed by atoms with Crippen molar-refractivity contribution in [1.82, 2.24) is 19.8 Å². The lowest BCUT2D eigenvalue weighted by Gasteiger charge is -2.25. The maximum Gasteiger partial charge on any atom is 0.305 e. The van der Waals surface area contributed by atoms with E-state index >= 15 is 0 Å². The third-order valence-electron chi connectivity index (χ3n) is 6.82. The van der Waals surface area contributed by atoms with Crippen molar-refractivity contribution in [1.29, 1.82) is 0 Å². The van der Waals surface area contributed by atoms with Gasteiger partial charge in [0, 0.05) is 36.8 Å². The molecule has 0 aliphatic carbocycles. The second kappa shape index (κ2) is 13.3. The Bertz CT molecular complexity index is 1340. The Balaban J connectivity index is 1.94. The molecule has 2 atom stereocenters. The second-order valence-electron chi connectivity index (χ2n) is 10.9. The smallest absolute Gasteiger partial charge is 0.305 e. The molecule has 2 aromatic heterocycles. The first kappa shape index (κ1) is 29.8. The van der Waals surface area contributed by atoms with Gasteiger partial charge in [-0.15, -0.1) is 0 Å². The highest BCUT2D eigenvalue weighted by Gasteiger charge is 2.27. The maximum absolute atomic E-state index is 13.7. The van der Waals surface area contributed by atoms with Crippen LogP contribution >= 0.6 is 0 Å². The summed E-state index contributed by atoms with van der Waals surface area (Å²) >= 11 is 0. The number of aliphatic carboxylic acids is 1. The molecule has 0 bridgehead atoms. The molecule has 8 heteroatoms. The van der Waals surface area contributed by atoms with Crippen LogP contribution in [0.5, 0.6) is 0 Å². The average Bonchev–Trinajstić information content (AvgIpc) is 2.85. The third kappa shape index (κ3) is 8.10. The van der Waals surface area contributed by atoms with Crippen molar-refractivity contribution in [3.8, 4) is 11.1 Å². The fourth-order valence-corrected chi connectivity index (χ4v) is 4.84. The fraction of sp³-hybridized carbons (Fsp3) is 0.419. The number of pyridine rings is 2. The summed E-state index contributed by atoms with van der Waals surface area (Å²) in [5.74, 6) is -1.30. The third-order valence-corrected chi connectivity index (χ3v) is 6.82. The van der Waals surface area contributed by atoms with Crippen LogP contribution in [0.15, 0.2) is 59.8 Å². The number of likely N-dealkylation sites (N-methyl/N-ethyl adjacent to an activating group) is 1. The van der Waals surface area contributed by atoms with E-state index in [9.17, 15) is 19.5 Å². The predicted octanol–water partition coefficient (Wildman–Crippen LogP) is 4.55. The Morgan fingerprint density at radius 2 is 1.77 bits per heavy atom. The van der Waals surface area contributed by atoms with Crippen LogP contribution in [0, 0.1) is 19.8 Å². The molecule has 2 N–H and O–H groups in total. The molecule has 3 rings (SSSR count). The van der Waals surface area contributed by atoms with E-state index in [1.165, 1.54) is 4.57 Å². The van der Waals surface area contributed by atoms with Gasteiger partial charge in [0.1, 0.15) is 6.04 Å². The van der Waals surface area contributed by atoms with Crippen LogP contribution < -0.4 is 10.9 Å². The van der Waals surface area contributed by atoms with Crippen LogP contribution in [-0.2, 0) is 16.0 Å². The van der Waals surface area contributed by atoms with Crippen LogP contribution in [-0.4, -0.2) is 52.1 Å². The predicted molar refractivity (Wildman–Crippen MR) is 154 cm³/mol. The summed E-state index contributed by atoms with van der Waals surface area (Å²) in [5, 5.41) is 12.6. The van der Waals surface area contributed by atoms with Gasteiger partial charge in [0.25, 0.3) is 5.56 Å². The van der Waals surface area contributed by atoms with Gasteiger partial charge in [-0.25, -0.2) is 0 Å². The Morgan fingerprint density at radius 1 is 1.08 bits per heavy atom. The summed E-state index contributed by atoms with van der Waals surface area (Å²) < 4.78 is 1.46. The molecule has 0 saturated carbocycles. The minimum absolute atomic E-state index is 0.132. The van der Waals surface area contributed by atoms with Gasteiger partial charge >= 0.3 is 5.97 Å². The van der Waals surface area contributed by atoms with E-state index in [4.69, 9.17) is 0 Å². The number of aromatic nitrogens is 2. The minimum atomic E-state index is -1.04. The number of benzene rings is 1. The minimum Gasteiger partial charge on any atom is -0.481 e. The monoisotopic (exact) mass is 532 g/mol. The van der Waals surface area contributed by atoms with Gasteiger partial charge in [0.15, 0.2) is 0 Å². The number of hydrogen-bond acceptors (Lipinski definition) is 5. The van der Waals surface area contributed by atoms with Gasteiger partial charge in [-0.2, -0.15) is 0 Å². The number of carboxylic acid groups (broad SMARTS) is 1. The van der Waals surface area contributed by atoms with Crippen LogP contribution in [0.3, 0.4) is 0 Å². The van der Waals surface area contributed by atoms with Crippen molar-refractivity contribution < 1.29 is 14.7 Å². The number of aryl methyl sites for hydroxylation is 2. The van der Waals surface area contributed by atoms with Crippen LogP contribution in [0.2, 0.25) is 0 Å². The summed E-state index contributed by atoms with van der Waals surface area (Å²) in [4.78, 5) is 45.0. The first-order valence-electron chi connectivity index (χ1n) is 13.4. The molecule has 3 aromatic rings. The molecule has 0 saturated heterocycles. The first-order chi connectivity index (χ1) is 18.5. The zero-order valence-corrected chi connectivity index (χ0v) is 23.8. The van der Waals surface area contributed by atoms with E-state index in [2.05, 4.69) is 10.3 Å². The summed E-state index contributed by atoms with van der Waals surface area (Å²) in [7, 11) is 3.95. The second-order valence-corrected chi connectivity index (χ2v) is 10.9. The molecule has 208 valence electrons. The molecule has 8 nitrogen and oxygen atoms in total. The molecule has 39 heavy (non-hydrogen) atoms. The number of carbonyl (C=O) groups is 2. The Morgan fingerprint density at radius 3 is 2.36 bits per heavy atom. The standard InChI is InChI=1S/C31H40N4O4/c1-20(2)14-27(35-13-11-23(15-28(35)36)10-12-34(5)6)31(39)33-26(17-29(37)38)24-16-25(19-32-18-24)30-21(3)8-7-9-22(30)4/h7-9,11,13,15-16,18-20,26-27H,10,12,14,17H2,1-6H3,(H,33,39)(H,37,38)/t26-,27?/m0/s1. The van der Waals surface area contributed by atoms with Crippen LogP contribution in [0.1, 0.15) is 61.0 Å². The molecule has 1 unspecified atom stereocenters. The molecular formula is C31H40N4O4. The lowest BCUT2D eigenvalue weighted by atomic mass is 9.94. The molecule has 0 fully saturated rings. The number of nitrogens with zero attached hydrogens (tertiary/aromatic N) is 3. The fourth-order valence-electron chi connectivity index (χ4n) is 4.84. The normalized spacial score (nSPS) is 12.9. The van der Waals surface area contributed by atoms with Gasteiger partial charge in [-0.05, 0) is 86.7 Å². The van der Waals surface area contributed by atoms with Crippen molar-refractivity contribution in [2.75, 3.05) is 20.6 Å².